The lowest BCUT2D eigenvalue weighted by Crippen LogP contribution is -2.50. The Hall–Kier alpha value is -2.00. The molecule has 14 heteroatoms. The molecule has 0 spiro atoms. The molecule has 2 saturated heterocycles. The fourth-order valence-corrected chi connectivity index (χ4v) is 3.79. The van der Waals surface area contributed by atoms with E-state index in [4.69, 9.17) is 19.0 Å². The van der Waals surface area contributed by atoms with Crippen LogP contribution in [-0.2, 0) is 38.0 Å². The van der Waals surface area contributed by atoms with Crippen LogP contribution in [0.2, 0.25) is 0 Å². The average molecular weight is 438 g/mol. The predicted octanol–water partition coefficient (Wildman–Crippen LogP) is -1.35. The maximum atomic E-state index is 12.6. The number of methoxy groups -OCH3 is 1. The first-order valence-electron chi connectivity index (χ1n) is 8.91. The summed E-state index contributed by atoms with van der Waals surface area (Å²) in [6.07, 6.45) is 0.630. The van der Waals surface area contributed by atoms with Crippen LogP contribution in [0.3, 0.4) is 0 Å². The van der Waals surface area contributed by atoms with Gasteiger partial charge in [-0.15, -0.1) is 4.28 Å². The highest BCUT2D eigenvalue weighted by atomic mass is 32.3. The zero-order valence-corrected chi connectivity index (χ0v) is 17.3. The summed E-state index contributed by atoms with van der Waals surface area (Å²) >= 11 is 0. The van der Waals surface area contributed by atoms with Crippen LogP contribution in [0.25, 0.3) is 0 Å². The van der Waals surface area contributed by atoms with Crippen molar-refractivity contribution in [1.29, 1.82) is 0 Å². The van der Waals surface area contributed by atoms with Crippen LogP contribution in [0.15, 0.2) is 0 Å². The Morgan fingerprint density at radius 2 is 2.00 bits per heavy atom. The van der Waals surface area contributed by atoms with Crippen molar-refractivity contribution >= 4 is 28.3 Å². The number of rotatable bonds is 10. The van der Waals surface area contributed by atoms with E-state index in [1.165, 1.54) is 25.9 Å². The Bertz CT molecular complexity index is 742. The van der Waals surface area contributed by atoms with E-state index in [1.54, 1.807) is 0 Å². The van der Waals surface area contributed by atoms with Crippen LogP contribution in [-0.4, -0.2) is 81.8 Å². The molecule has 2 aliphatic heterocycles. The van der Waals surface area contributed by atoms with Crippen LogP contribution < -0.4 is 11.2 Å². The Balaban J connectivity index is 1.98. The summed E-state index contributed by atoms with van der Waals surface area (Å²) < 4.78 is 38.4. The smallest absolute Gasteiger partial charge is 0.421 e. The summed E-state index contributed by atoms with van der Waals surface area (Å²) in [5, 5.41) is 0.675. The van der Waals surface area contributed by atoms with Crippen LogP contribution in [0.1, 0.15) is 26.7 Å². The van der Waals surface area contributed by atoms with Gasteiger partial charge in [0.1, 0.15) is 6.04 Å². The quantitative estimate of drug-likeness (QED) is 0.236. The number of esters is 1. The number of ether oxygens (including phenoxy) is 1. The lowest BCUT2D eigenvalue weighted by molar-refractivity contribution is -0.152. The summed E-state index contributed by atoms with van der Waals surface area (Å²) in [7, 11) is -3.47. The maximum Gasteiger partial charge on any atom is 0.421 e. The van der Waals surface area contributed by atoms with Gasteiger partial charge in [0.25, 0.3) is 5.91 Å². The highest BCUT2D eigenvalue weighted by Gasteiger charge is 2.49. The van der Waals surface area contributed by atoms with Crippen molar-refractivity contribution in [3.8, 4) is 0 Å². The summed E-state index contributed by atoms with van der Waals surface area (Å²) in [6.45, 7) is 2.76. The van der Waals surface area contributed by atoms with Crippen LogP contribution in [0, 0.1) is 5.41 Å². The first-order chi connectivity index (χ1) is 13.5. The first kappa shape index (κ1) is 23.3. The van der Waals surface area contributed by atoms with Gasteiger partial charge < -0.3 is 15.4 Å². The maximum absolute atomic E-state index is 12.6. The van der Waals surface area contributed by atoms with Gasteiger partial charge in [-0.25, -0.2) is 14.5 Å². The van der Waals surface area contributed by atoms with Crippen molar-refractivity contribution < 1.29 is 40.8 Å². The minimum Gasteiger partial charge on any atom is -0.469 e. The molecule has 2 aliphatic rings. The van der Waals surface area contributed by atoms with E-state index >= 15 is 0 Å². The highest BCUT2D eigenvalue weighted by molar-refractivity contribution is 7.81. The molecule has 2 atom stereocenters. The van der Waals surface area contributed by atoms with Crippen molar-refractivity contribution in [2.24, 2.45) is 11.1 Å². The van der Waals surface area contributed by atoms with Gasteiger partial charge in [-0.2, -0.15) is 13.5 Å². The third-order valence-electron chi connectivity index (χ3n) is 4.49. The lowest BCUT2D eigenvalue weighted by Gasteiger charge is -2.28. The fourth-order valence-electron chi connectivity index (χ4n) is 2.93. The number of piperidine rings is 1. The molecular formula is C15H26N4O9S. The Labute approximate surface area is 168 Å². The van der Waals surface area contributed by atoms with Gasteiger partial charge >= 0.3 is 22.4 Å². The Kier molecular flexibility index (Phi) is 7.40. The number of urea groups is 1. The Morgan fingerprint density at radius 1 is 1.31 bits per heavy atom. The number of carbonyl (C=O) groups is 3. The number of nitrogens with one attached hydrogen (secondary N) is 1. The zero-order chi connectivity index (χ0) is 21.8. The van der Waals surface area contributed by atoms with Gasteiger partial charge in [-0.1, -0.05) is 0 Å². The van der Waals surface area contributed by atoms with Crippen LogP contribution in [0.4, 0.5) is 4.79 Å². The van der Waals surface area contributed by atoms with Crippen LogP contribution in [0.5, 0.6) is 0 Å². The molecule has 0 radical (unpaired) electrons. The molecular weight excluding hydrogens is 412 g/mol. The van der Waals surface area contributed by atoms with Gasteiger partial charge in [-0.3, -0.25) is 14.4 Å². The minimum absolute atomic E-state index is 0.108. The molecule has 3 N–H and O–H groups in total. The van der Waals surface area contributed by atoms with E-state index in [0.717, 1.165) is 0 Å². The van der Waals surface area contributed by atoms with Gasteiger partial charge in [0.2, 0.25) is 0 Å². The lowest BCUT2D eigenvalue weighted by atomic mass is 9.95. The number of nitrogens with zero attached hydrogens (tertiary/aromatic N) is 2. The number of fused-ring (bicyclic) bond motifs is 2. The Morgan fingerprint density at radius 3 is 2.62 bits per heavy atom. The molecule has 0 saturated carbocycles. The second-order valence-corrected chi connectivity index (χ2v) is 8.43. The SMILES string of the molecule is COC(=O)C(C)(C)COS(=O)(=O)ON1C(=O)N2C[C@H]1CC[C@H]2C(=O)NOCCN. The summed E-state index contributed by atoms with van der Waals surface area (Å²) in [5.41, 5.74) is 6.24. The highest BCUT2D eigenvalue weighted by Crippen LogP contribution is 2.31. The molecule has 0 aromatic carbocycles. The molecule has 2 rings (SSSR count). The number of nitrogens with two attached hydrogens (primary N) is 1. The molecule has 0 aliphatic carbocycles. The third kappa shape index (κ3) is 5.54. The molecule has 2 fully saturated rings. The second kappa shape index (κ2) is 9.21. The number of hydrogen-bond donors (Lipinski definition) is 2. The molecule has 0 aromatic heterocycles. The number of hydroxylamine groups is 3. The predicted molar refractivity (Wildman–Crippen MR) is 95.7 cm³/mol. The minimum atomic E-state index is -4.64. The summed E-state index contributed by atoms with van der Waals surface area (Å²) in [6, 6.07) is -2.18. The monoisotopic (exact) mass is 438 g/mol. The van der Waals surface area contributed by atoms with Crippen molar-refractivity contribution in [1.82, 2.24) is 15.4 Å². The van der Waals surface area contributed by atoms with Crippen molar-refractivity contribution in [3.05, 3.63) is 0 Å². The van der Waals surface area contributed by atoms with Crippen molar-refractivity contribution in [2.45, 2.75) is 38.8 Å². The zero-order valence-electron chi connectivity index (χ0n) is 16.5. The van der Waals surface area contributed by atoms with Gasteiger partial charge in [0.05, 0.1) is 31.8 Å². The molecule has 13 nitrogen and oxygen atoms in total. The number of amides is 3. The molecule has 2 heterocycles. The fraction of sp³-hybridized carbons (Fsp3) is 0.800. The molecule has 166 valence electrons. The summed E-state index contributed by atoms with van der Waals surface area (Å²) in [5.74, 6) is -1.20. The van der Waals surface area contributed by atoms with E-state index in [-0.39, 0.29) is 19.7 Å². The van der Waals surface area contributed by atoms with E-state index in [9.17, 15) is 22.8 Å². The number of carbonyl (C=O) groups excluding carboxylic acids is 3. The molecule has 3 amide bonds. The van der Waals surface area contributed by atoms with Gasteiger partial charge in [0, 0.05) is 13.1 Å². The molecule has 2 bridgehead atoms. The average Bonchev–Trinajstić information content (AvgIpc) is 2.90. The van der Waals surface area contributed by atoms with E-state index < -0.39 is 52.4 Å². The van der Waals surface area contributed by atoms with Crippen LogP contribution >= 0.6 is 0 Å². The van der Waals surface area contributed by atoms with Crippen molar-refractivity contribution in [2.75, 3.05) is 33.4 Å². The van der Waals surface area contributed by atoms with Crippen molar-refractivity contribution in [3.63, 3.8) is 0 Å². The number of hydrogen-bond acceptors (Lipinski definition) is 10. The van der Waals surface area contributed by atoms with Gasteiger partial charge in [0.15, 0.2) is 0 Å². The standard InChI is InChI=1S/C15H26N4O9S/c1-15(2,13(21)25-3)9-27-29(23,24)28-19-10-4-5-11(18(8-10)14(19)22)12(20)17-26-7-6-16/h10-11H,4-9,16H2,1-3H3,(H,17,20)/t10-,11+/m1/s1. The third-order valence-corrected chi connectivity index (χ3v) is 5.24. The second-order valence-electron chi connectivity index (χ2n) is 7.23. The summed E-state index contributed by atoms with van der Waals surface area (Å²) in [4.78, 5) is 42.4. The largest absolute Gasteiger partial charge is 0.469 e. The molecule has 0 unspecified atom stereocenters. The van der Waals surface area contributed by atoms with E-state index in [2.05, 4.69) is 10.2 Å². The van der Waals surface area contributed by atoms with Gasteiger partial charge in [-0.05, 0) is 26.7 Å². The normalized spacial score (nSPS) is 22.0. The topological polar surface area (TPSA) is 167 Å². The first-order valence-corrected chi connectivity index (χ1v) is 10.2. The molecule has 0 aromatic rings. The van der Waals surface area contributed by atoms with E-state index in [1.807, 2.05) is 0 Å². The molecule has 29 heavy (non-hydrogen) atoms. The van der Waals surface area contributed by atoms with E-state index in [0.29, 0.717) is 17.9 Å².